The molecule has 0 unspecified atom stereocenters. The average molecular weight is 407 g/mol. The molecule has 2 aromatic rings. The molecule has 0 aliphatic heterocycles. The van der Waals surface area contributed by atoms with E-state index in [4.69, 9.17) is 23.2 Å². The Labute approximate surface area is 169 Å². The van der Waals surface area contributed by atoms with E-state index in [1.807, 2.05) is 0 Å². The van der Waals surface area contributed by atoms with Crippen LogP contribution in [0.25, 0.3) is 0 Å². The van der Waals surface area contributed by atoms with Crippen LogP contribution in [0.4, 0.5) is 5.82 Å². The van der Waals surface area contributed by atoms with Gasteiger partial charge in [0.15, 0.2) is 0 Å². The predicted molar refractivity (Wildman–Crippen MR) is 109 cm³/mol. The van der Waals surface area contributed by atoms with Crippen LogP contribution in [0, 0.1) is 5.92 Å². The molecule has 0 radical (unpaired) electrons. The number of rotatable bonds is 6. The Morgan fingerprint density at radius 1 is 1.11 bits per heavy atom. The number of hydrogen-bond acceptors (Lipinski definition) is 3. The molecule has 0 atom stereocenters. The number of carbonyl (C=O) groups is 1. The number of anilines is 1. The minimum atomic E-state index is -0.144. The minimum Gasteiger partial charge on any atom is -0.370 e. The van der Waals surface area contributed by atoms with E-state index in [2.05, 4.69) is 26.9 Å². The number of aromatic amines is 1. The second-order valence-electron chi connectivity index (χ2n) is 7.68. The highest BCUT2D eigenvalue weighted by atomic mass is 35.5. The number of hydrogen-bond donors (Lipinski definition) is 3. The number of amides is 1. The summed E-state index contributed by atoms with van der Waals surface area (Å²) in [5, 5.41) is 15.0. The van der Waals surface area contributed by atoms with Crippen molar-refractivity contribution in [2.75, 3.05) is 11.9 Å². The van der Waals surface area contributed by atoms with Crippen molar-refractivity contribution < 1.29 is 4.79 Å². The summed E-state index contributed by atoms with van der Waals surface area (Å²) >= 11 is 12.1. The van der Waals surface area contributed by atoms with Crippen molar-refractivity contribution in [1.29, 1.82) is 0 Å². The summed E-state index contributed by atoms with van der Waals surface area (Å²) in [6, 6.07) is 7.29. The van der Waals surface area contributed by atoms with Crippen LogP contribution >= 0.6 is 23.2 Å². The third-order valence-corrected chi connectivity index (χ3v) is 6.09. The number of aromatic nitrogens is 2. The Kier molecular flexibility index (Phi) is 5.60. The van der Waals surface area contributed by atoms with E-state index < -0.39 is 0 Å². The minimum absolute atomic E-state index is 0.144. The molecular weight excluding hydrogens is 383 g/mol. The SMILES string of the molecule is O=C(N[C@H]1CC[C@H](CNc2cc(C3CC3)n[nH]2)CC1)c1cc(Cl)ccc1Cl. The van der Waals surface area contributed by atoms with Gasteiger partial charge in [0.1, 0.15) is 5.82 Å². The van der Waals surface area contributed by atoms with Gasteiger partial charge in [0, 0.05) is 29.6 Å². The first-order chi connectivity index (χ1) is 13.1. The first kappa shape index (κ1) is 18.6. The normalized spacial score (nSPS) is 22.4. The third kappa shape index (κ3) is 4.77. The van der Waals surface area contributed by atoms with Crippen molar-refractivity contribution in [3.05, 3.63) is 45.6 Å². The third-order valence-electron chi connectivity index (χ3n) is 5.53. The quantitative estimate of drug-likeness (QED) is 0.632. The number of benzene rings is 1. The lowest BCUT2D eigenvalue weighted by atomic mass is 9.86. The molecule has 1 aromatic carbocycles. The van der Waals surface area contributed by atoms with Crippen molar-refractivity contribution in [1.82, 2.24) is 15.5 Å². The molecule has 2 saturated carbocycles. The van der Waals surface area contributed by atoms with E-state index in [0.29, 0.717) is 27.4 Å². The molecule has 5 nitrogen and oxygen atoms in total. The highest BCUT2D eigenvalue weighted by Gasteiger charge is 2.27. The van der Waals surface area contributed by atoms with Crippen molar-refractivity contribution >= 4 is 34.9 Å². The largest absolute Gasteiger partial charge is 0.370 e. The van der Waals surface area contributed by atoms with Gasteiger partial charge in [0.2, 0.25) is 0 Å². The van der Waals surface area contributed by atoms with E-state index in [-0.39, 0.29) is 11.9 Å². The van der Waals surface area contributed by atoms with E-state index in [1.165, 1.54) is 18.5 Å². The van der Waals surface area contributed by atoms with Crippen LogP contribution in [0.5, 0.6) is 0 Å². The van der Waals surface area contributed by atoms with Crippen molar-refractivity contribution in [2.45, 2.75) is 50.5 Å². The van der Waals surface area contributed by atoms with E-state index in [0.717, 1.165) is 38.0 Å². The molecule has 4 rings (SSSR count). The first-order valence-corrected chi connectivity index (χ1v) is 10.4. The molecule has 0 saturated heterocycles. The summed E-state index contributed by atoms with van der Waals surface area (Å²) < 4.78 is 0. The number of nitrogens with zero attached hydrogens (tertiary/aromatic N) is 1. The van der Waals surface area contributed by atoms with Gasteiger partial charge in [-0.05, 0) is 62.6 Å². The van der Waals surface area contributed by atoms with Crippen molar-refractivity contribution in [3.63, 3.8) is 0 Å². The summed E-state index contributed by atoms with van der Waals surface area (Å²) in [6.45, 7) is 0.938. The zero-order valence-corrected chi connectivity index (χ0v) is 16.6. The maximum atomic E-state index is 12.5. The van der Waals surface area contributed by atoms with Crippen LogP contribution < -0.4 is 10.6 Å². The summed E-state index contributed by atoms with van der Waals surface area (Å²) in [5.41, 5.74) is 1.63. The number of H-pyrrole nitrogens is 1. The molecular formula is C20H24Cl2N4O. The standard InChI is InChI=1S/C20H24Cl2N4O/c21-14-5-8-17(22)16(9-14)20(27)24-15-6-1-12(2-7-15)11-23-19-10-18(25-26-19)13-3-4-13/h5,8-10,12-13,15H,1-4,6-7,11H2,(H,24,27)(H2,23,25,26)/t12-,15-. The Morgan fingerprint density at radius 2 is 1.89 bits per heavy atom. The Hall–Kier alpha value is -1.72. The topological polar surface area (TPSA) is 69.8 Å². The van der Waals surface area contributed by atoms with Crippen LogP contribution in [0.15, 0.2) is 24.3 Å². The zero-order chi connectivity index (χ0) is 18.8. The van der Waals surface area contributed by atoms with Gasteiger partial charge in [-0.25, -0.2) is 0 Å². The number of halogens is 2. The molecule has 2 aliphatic carbocycles. The predicted octanol–water partition coefficient (Wildman–Crippen LogP) is 4.99. The lowest BCUT2D eigenvalue weighted by molar-refractivity contribution is 0.0923. The van der Waals surface area contributed by atoms with Gasteiger partial charge in [-0.1, -0.05) is 23.2 Å². The molecule has 27 heavy (non-hydrogen) atoms. The van der Waals surface area contributed by atoms with Gasteiger partial charge >= 0.3 is 0 Å². The van der Waals surface area contributed by atoms with Gasteiger partial charge in [0.25, 0.3) is 5.91 Å². The smallest absolute Gasteiger partial charge is 0.253 e. The van der Waals surface area contributed by atoms with E-state index in [1.54, 1.807) is 18.2 Å². The van der Waals surface area contributed by atoms with Crippen LogP contribution in [-0.4, -0.2) is 28.7 Å². The fraction of sp³-hybridized carbons (Fsp3) is 0.500. The highest BCUT2D eigenvalue weighted by molar-refractivity contribution is 6.35. The van der Waals surface area contributed by atoms with Gasteiger partial charge in [-0.15, -0.1) is 0 Å². The van der Waals surface area contributed by atoms with Crippen LogP contribution in [0.2, 0.25) is 10.0 Å². The maximum absolute atomic E-state index is 12.5. The molecule has 2 fully saturated rings. The van der Waals surface area contributed by atoms with Crippen LogP contribution in [-0.2, 0) is 0 Å². The summed E-state index contributed by atoms with van der Waals surface area (Å²) in [4.78, 5) is 12.5. The molecule has 0 spiro atoms. The summed E-state index contributed by atoms with van der Waals surface area (Å²) in [5.74, 6) is 2.15. The van der Waals surface area contributed by atoms with Gasteiger partial charge in [0.05, 0.1) is 16.3 Å². The fourth-order valence-corrected chi connectivity index (χ4v) is 4.09. The zero-order valence-electron chi connectivity index (χ0n) is 15.1. The molecule has 2 aliphatic rings. The summed E-state index contributed by atoms with van der Waals surface area (Å²) in [7, 11) is 0. The van der Waals surface area contributed by atoms with Crippen molar-refractivity contribution in [2.24, 2.45) is 5.92 Å². The lowest BCUT2D eigenvalue weighted by Crippen LogP contribution is -2.38. The second-order valence-corrected chi connectivity index (χ2v) is 8.52. The average Bonchev–Trinajstić information content (AvgIpc) is 3.41. The van der Waals surface area contributed by atoms with Gasteiger partial charge < -0.3 is 10.6 Å². The van der Waals surface area contributed by atoms with Crippen LogP contribution in [0.1, 0.15) is 60.5 Å². The van der Waals surface area contributed by atoms with Crippen LogP contribution in [0.3, 0.4) is 0 Å². The molecule has 3 N–H and O–H groups in total. The van der Waals surface area contributed by atoms with E-state index in [9.17, 15) is 4.79 Å². The Bertz CT molecular complexity index is 810. The van der Waals surface area contributed by atoms with Gasteiger partial charge in [-0.3, -0.25) is 9.89 Å². The molecule has 1 aromatic heterocycles. The van der Waals surface area contributed by atoms with Crippen molar-refractivity contribution in [3.8, 4) is 0 Å². The first-order valence-electron chi connectivity index (χ1n) is 9.63. The summed E-state index contributed by atoms with van der Waals surface area (Å²) in [6.07, 6.45) is 6.66. The monoisotopic (exact) mass is 406 g/mol. The second kappa shape index (κ2) is 8.11. The Balaban J connectivity index is 1.22. The molecule has 7 heteroatoms. The highest BCUT2D eigenvalue weighted by Crippen LogP contribution is 2.39. The van der Waals surface area contributed by atoms with Gasteiger partial charge in [-0.2, -0.15) is 5.10 Å². The molecule has 1 heterocycles. The molecule has 0 bridgehead atoms. The Morgan fingerprint density at radius 3 is 2.63 bits per heavy atom. The number of carbonyl (C=O) groups excluding carboxylic acids is 1. The molecule has 144 valence electrons. The van der Waals surface area contributed by atoms with E-state index >= 15 is 0 Å². The maximum Gasteiger partial charge on any atom is 0.253 e. The number of nitrogens with one attached hydrogen (secondary N) is 3. The fourth-order valence-electron chi connectivity index (χ4n) is 3.72. The lowest BCUT2D eigenvalue weighted by Gasteiger charge is -2.29. The molecule has 1 amide bonds.